The van der Waals surface area contributed by atoms with Crippen molar-refractivity contribution in [3.05, 3.63) is 40.2 Å². The molecule has 2 atom stereocenters. The Labute approximate surface area is 145 Å². The van der Waals surface area contributed by atoms with Crippen LogP contribution in [-0.4, -0.2) is 13.1 Å². The Balaban J connectivity index is 2.18. The second-order valence-corrected chi connectivity index (χ2v) is 7.26. The molecule has 0 N–H and O–H groups in total. The molecule has 0 unspecified atom stereocenters. The summed E-state index contributed by atoms with van der Waals surface area (Å²) in [5.41, 5.74) is 0.383. The van der Waals surface area contributed by atoms with Crippen molar-refractivity contribution in [3.8, 4) is 5.75 Å². The SMILES string of the molecule is COc1c(F)c(C)c(COC(=O)[C@@H]2[C@@H](C=C(C)C)C2(C)C)c(F)c1F. The number of esters is 1. The van der Waals surface area contributed by atoms with Gasteiger partial charge in [0.2, 0.25) is 5.82 Å². The van der Waals surface area contributed by atoms with E-state index in [4.69, 9.17) is 4.74 Å². The zero-order valence-electron chi connectivity index (χ0n) is 15.3. The van der Waals surface area contributed by atoms with Crippen LogP contribution >= 0.6 is 0 Å². The number of ether oxygens (including phenoxy) is 2. The quantitative estimate of drug-likeness (QED) is 0.436. The molecule has 0 bridgehead atoms. The fourth-order valence-electron chi connectivity index (χ4n) is 3.18. The Kier molecular flexibility index (Phi) is 5.21. The Bertz CT molecular complexity index is 705. The van der Waals surface area contributed by atoms with Crippen LogP contribution in [0.3, 0.4) is 0 Å². The molecule has 0 heterocycles. The number of methoxy groups -OCH3 is 1. The number of benzene rings is 1. The van der Waals surface area contributed by atoms with Gasteiger partial charge in [-0.15, -0.1) is 0 Å². The van der Waals surface area contributed by atoms with Crippen LogP contribution in [0.2, 0.25) is 0 Å². The summed E-state index contributed by atoms with van der Waals surface area (Å²) in [7, 11) is 1.05. The number of carbonyl (C=O) groups excluding carboxylic acids is 1. The second kappa shape index (κ2) is 6.73. The summed E-state index contributed by atoms with van der Waals surface area (Å²) in [6, 6.07) is 0. The second-order valence-electron chi connectivity index (χ2n) is 7.26. The lowest BCUT2D eigenvalue weighted by Crippen LogP contribution is -2.13. The van der Waals surface area contributed by atoms with E-state index in [9.17, 15) is 18.0 Å². The van der Waals surface area contributed by atoms with Crippen molar-refractivity contribution in [2.75, 3.05) is 7.11 Å². The third-order valence-electron chi connectivity index (χ3n) is 4.88. The first-order valence-electron chi connectivity index (χ1n) is 8.05. The maximum atomic E-state index is 14.1. The molecule has 0 radical (unpaired) electrons. The average molecular weight is 356 g/mol. The van der Waals surface area contributed by atoms with Crippen LogP contribution in [0.5, 0.6) is 5.75 Å². The van der Waals surface area contributed by atoms with Crippen molar-refractivity contribution in [1.82, 2.24) is 0 Å². The van der Waals surface area contributed by atoms with Crippen LogP contribution in [0, 0.1) is 41.6 Å². The molecular formula is C19H23F3O3. The van der Waals surface area contributed by atoms with Gasteiger partial charge >= 0.3 is 5.97 Å². The Morgan fingerprint density at radius 3 is 2.28 bits per heavy atom. The van der Waals surface area contributed by atoms with Crippen LogP contribution in [0.25, 0.3) is 0 Å². The molecule has 0 aliphatic heterocycles. The van der Waals surface area contributed by atoms with Gasteiger partial charge in [-0.3, -0.25) is 4.79 Å². The average Bonchev–Trinajstić information content (AvgIpc) is 3.05. The van der Waals surface area contributed by atoms with E-state index in [1.165, 1.54) is 6.92 Å². The molecule has 3 nitrogen and oxygen atoms in total. The molecule has 0 spiro atoms. The van der Waals surface area contributed by atoms with Gasteiger partial charge in [-0.1, -0.05) is 25.5 Å². The van der Waals surface area contributed by atoms with Crippen LogP contribution < -0.4 is 4.74 Å². The van der Waals surface area contributed by atoms with E-state index in [0.717, 1.165) is 12.7 Å². The third kappa shape index (κ3) is 3.39. The molecular weight excluding hydrogens is 333 g/mol. The standard InChI is InChI=1S/C19H23F3O3/c1-9(2)7-12-13(19(12,4)5)18(23)25-8-11-10(3)14(20)17(24-6)16(22)15(11)21/h7,12-13H,8H2,1-6H3/t12-,13+/m1/s1. The minimum absolute atomic E-state index is 0.0419. The Morgan fingerprint density at radius 1 is 1.16 bits per heavy atom. The highest BCUT2D eigenvalue weighted by molar-refractivity contribution is 5.78. The number of allylic oxidation sites excluding steroid dienone is 2. The molecule has 138 valence electrons. The first-order valence-corrected chi connectivity index (χ1v) is 8.05. The fraction of sp³-hybridized carbons (Fsp3) is 0.526. The number of rotatable bonds is 5. The summed E-state index contributed by atoms with van der Waals surface area (Å²) >= 11 is 0. The molecule has 1 aromatic carbocycles. The molecule has 1 aromatic rings. The van der Waals surface area contributed by atoms with Gasteiger partial charge in [0.1, 0.15) is 6.61 Å². The number of hydrogen-bond acceptors (Lipinski definition) is 3. The van der Waals surface area contributed by atoms with Crippen molar-refractivity contribution < 1.29 is 27.4 Å². The lowest BCUT2D eigenvalue weighted by Gasteiger charge is -2.13. The van der Waals surface area contributed by atoms with Gasteiger partial charge < -0.3 is 9.47 Å². The molecule has 1 fully saturated rings. The van der Waals surface area contributed by atoms with Crippen LogP contribution in [-0.2, 0) is 16.1 Å². The van der Waals surface area contributed by atoms with Gasteiger partial charge in [-0.05, 0) is 37.7 Å². The maximum Gasteiger partial charge on any atom is 0.310 e. The maximum absolute atomic E-state index is 14.1. The lowest BCUT2D eigenvalue weighted by molar-refractivity contribution is -0.147. The van der Waals surface area contributed by atoms with Gasteiger partial charge in [-0.25, -0.2) is 8.78 Å². The van der Waals surface area contributed by atoms with Crippen molar-refractivity contribution >= 4 is 5.97 Å². The molecule has 6 heteroatoms. The molecule has 0 amide bonds. The summed E-state index contributed by atoms with van der Waals surface area (Å²) in [5, 5.41) is 0. The molecule has 1 aliphatic carbocycles. The van der Waals surface area contributed by atoms with Gasteiger partial charge in [-0.2, -0.15) is 4.39 Å². The summed E-state index contributed by atoms with van der Waals surface area (Å²) < 4.78 is 51.7. The lowest BCUT2D eigenvalue weighted by atomic mass is 10.1. The van der Waals surface area contributed by atoms with E-state index in [-0.39, 0.29) is 28.4 Å². The van der Waals surface area contributed by atoms with Gasteiger partial charge in [0.05, 0.1) is 13.0 Å². The Morgan fingerprint density at radius 2 is 1.76 bits per heavy atom. The van der Waals surface area contributed by atoms with Crippen LogP contribution in [0.1, 0.15) is 38.8 Å². The first-order chi connectivity index (χ1) is 11.5. The monoisotopic (exact) mass is 356 g/mol. The number of halogens is 3. The smallest absolute Gasteiger partial charge is 0.310 e. The number of carbonyl (C=O) groups is 1. The van der Waals surface area contributed by atoms with E-state index in [1.807, 2.05) is 33.8 Å². The van der Waals surface area contributed by atoms with Crippen molar-refractivity contribution in [3.63, 3.8) is 0 Å². The van der Waals surface area contributed by atoms with Crippen LogP contribution in [0.15, 0.2) is 11.6 Å². The molecule has 25 heavy (non-hydrogen) atoms. The molecule has 1 saturated carbocycles. The van der Waals surface area contributed by atoms with Gasteiger partial charge in [0.25, 0.3) is 0 Å². The van der Waals surface area contributed by atoms with Gasteiger partial charge in [0.15, 0.2) is 17.4 Å². The predicted molar refractivity (Wildman–Crippen MR) is 87.6 cm³/mol. The van der Waals surface area contributed by atoms with Crippen molar-refractivity contribution in [2.45, 2.75) is 41.2 Å². The van der Waals surface area contributed by atoms with Gasteiger partial charge in [0, 0.05) is 5.56 Å². The molecule has 2 rings (SSSR count). The molecule has 1 aliphatic rings. The Hall–Kier alpha value is -1.98. The zero-order chi connectivity index (χ0) is 19.1. The zero-order valence-corrected chi connectivity index (χ0v) is 15.3. The third-order valence-corrected chi connectivity index (χ3v) is 4.88. The topological polar surface area (TPSA) is 35.5 Å². The molecule has 0 saturated heterocycles. The minimum atomic E-state index is -1.43. The van der Waals surface area contributed by atoms with E-state index < -0.39 is 35.8 Å². The van der Waals surface area contributed by atoms with E-state index in [0.29, 0.717) is 0 Å². The summed E-state index contributed by atoms with van der Waals surface area (Å²) in [6.07, 6.45) is 2.00. The fourth-order valence-corrected chi connectivity index (χ4v) is 3.18. The summed E-state index contributed by atoms with van der Waals surface area (Å²) in [4.78, 5) is 12.3. The summed E-state index contributed by atoms with van der Waals surface area (Å²) in [6.45, 7) is 8.54. The van der Waals surface area contributed by atoms with E-state index in [1.54, 1.807) is 0 Å². The highest BCUT2D eigenvalue weighted by atomic mass is 19.2. The molecule has 0 aromatic heterocycles. The van der Waals surface area contributed by atoms with E-state index >= 15 is 0 Å². The largest absolute Gasteiger partial charge is 0.491 e. The predicted octanol–water partition coefficient (Wildman–Crippen LogP) is 4.70. The first kappa shape index (κ1) is 19.3. The van der Waals surface area contributed by atoms with Crippen molar-refractivity contribution in [1.29, 1.82) is 0 Å². The van der Waals surface area contributed by atoms with Crippen LogP contribution in [0.4, 0.5) is 13.2 Å². The summed E-state index contributed by atoms with van der Waals surface area (Å²) in [5.74, 6) is -5.27. The highest BCUT2D eigenvalue weighted by Gasteiger charge is 2.61. The van der Waals surface area contributed by atoms with E-state index in [2.05, 4.69) is 4.74 Å². The van der Waals surface area contributed by atoms with Crippen molar-refractivity contribution in [2.24, 2.45) is 17.3 Å². The normalized spacial score (nSPS) is 20.8. The minimum Gasteiger partial charge on any atom is -0.491 e. The highest BCUT2D eigenvalue weighted by Crippen LogP contribution is 2.59. The number of hydrogen-bond donors (Lipinski definition) is 0.